The number of hydrogen-bond acceptors (Lipinski definition) is 2. The van der Waals surface area contributed by atoms with Crippen molar-refractivity contribution < 1.29 is 9.84 Å². The maximum absolute atomic E-state index is 9.29. The van der Waals surface area contributed by atoms with Crippen LogP contribution in [-0.2, 0) is 6.42 Å². The predicted molar refractivity (Wildman–Crippen MR) is 72.0 cm³/mol. The van der Waals surface area contributed by atoms with Crippen LogP contribution in [0.3, 0.4) is 0 Å². The molecular weight excluding hydrogens is 236 g/mol. The molecule has 96 valence electrons. The standard InChI is InChI=1S/C14H21ClO2/c1-5-11(8-16)7-12-10(3)14(15)9(2)6-13(12)17-4/h6,11,16H,5,7-8H2,1-4H3. The fourth-order valence-electron chi connectivity index (χ4n) is 2.02. The second kappa shape index (κ2) is 6.27. The highest BCUT2D eigenvalue weighted by Gasteiger charge is 2.16. The molecule has 0 heterocycles. The summed E-state index contributed by atoms with van der Waals surface area (Å²) in [6.45, 7) is 6.27. The zero-order valence-corrected chi connectivity index (χ0v) is 11.8. The summed E-state index contributed by atoms with van der Waals surface area (Å²) in [4.78, 5) is 0. The molecule has 17 heavy (non-hydrogen) atoms. The summed E-state index contributed by atoms with van der Waals surface area (Å²) in [6.07, 6.45) is 1.76. The summed E-state index contributed by atoms with van der Waals surface area (Å²) in [5.74, 6) is 1.14. The van der Waals surface area contributed by atoms with E-state index in [2.05, 4.69) is 6.92 Å². The van der Waals surface area contributed by atoms with Crippen molar-refractivity contribution in [2.75, 3.05) is 13.7 Å². The Labute approximate surface area is 109 Å². The molecule has 0 aliphatic rings. The van der Waals surface area contributed by atoms with Crippen LogP contribution in [0.1, 0.15) is 30.0 Å². The number of hydrogen-bond donors (Lipinski definition) is 1. The third kappa shape index (κ3) is 3.14. The van der Waals surface area contributed by atoms with Crippen molar-refractivity contribution >= 4 is 11.6 Å². The van der Waals surface area contributed by atoms with Crippen LogP contribution in [0.4, 0.5) is 0 Å². The number of aryl methyl sites for hydroxylation is 1. The molecule has 0 aliphatic carbocycles. The molecule has 0 saturated carbocycles. The van der Waals surface area contributed by atoms with Gasteiger partial charge in [0.15, 0.2) is 0 Å². The van der Waals surface area contributed by atoms with Gasteiger partial charge in [0.1, 0.15) is 5.75 Å². The van der Waals surface area contributed by atoms with Gasteiger partial charge in [-0.1, -0.05) is 24.9 Å². The Morgan fingerprint density at radius 3 is 2.53 bits per heavy atom. The third-order valence-corrected chi connectivity index (χ3v) is 3.90. The van der Waals surface area contributed by atoms with Crippen LogP contribution in [0.5, 0.6) is 5.75 Å². The first-order valence-electron chi connectivity index (χ1n) is 5.98. The smallest absolute Gasteiger partial charge is 0.122 e. The van der Waals surface area contributed by atoms with Gasteiger partial charge in [-0.3, -0.25) is 0 Å². The topological polar surface area (TPSA) is 29.5 Å². The fraction of sp³-hybridized carbons (Fsp3) is 0.571. The average molecular weight is 257 g/mol. The van der Waals surface area contributed by atoms with Crippen LogP contribution in [0.25, 0.3) is 0 Å². The van der Waals surface area contributed by atoms with Crippen molar-refractivity contribution in [3.8, 4) is 5.75 Å². The van der Waals surface area contributed by atoms with Gasteiger partial charge in [0.05, 0.1) is 7.11 Å². The molecule has 0 amide bonds. The Morgan fingerprint density at radius 2 is 2.06 bits per heavy atom. The van der Waals surface area contributed by atoms with Gasteiger partial charge in [0.2, 0.25) is 0 Å². The number of aliphatic hydroxyl groups excluding tert-OH is 1. The van der Waals surface area contributed by atoms with Gasteiger partial charge in [-0.15, -0.1) is 0 Å². The lowest BCUT2D eigenvalue weighted by molar-refractivity contribution is 0.221. The summed E-state index contributed by atoms with van der Waals surface area (Å²) in [5, 5.41) is 10.1. The molecule has 0 aromatic heterocycles. The van der Waals surface area contributed by atoms with Gasteiger partial charge in [-0.25, -0.2) is 0 Å². The van der Waals surface area contributed by atoms with Gasteiger partial charge in [0, 0.05) is 11.6 Å². The minimum atomic E-state index is 0.199. The van der Waals surface area contributed by atoms with Crippen molar-refractivity contribution in [3.05, 3.63) is 27.8 Å². The van der Waals surface area contributed by atoms with Gasteiger partial charge >= 0.3 is 0 Å². The molecule has 1 rings (SSSR count). The molecule has 2 nitrogen and oxygen atoms in total. The van der Waals surface area contributed by atoms with E-state index >= 15 is 0 Å². The first kappa shape index (κ1) is 14.3. The molecule has 0 fully saturated rings. The lowest BCUT2D eigenvalue weighted by Crippen LogP contribution is -2.10. The number of aliphatic hydroxyl groups is 1. The van der Waals surface area contributed by atoms with Crippen LogP contribution in [0.15, 0.2) is 6.07 Å². The molecule has 1 N–H and O–H groups in total. The quantitative estimate of drug-likeness (QED) is 0.873. The number of benzene rings is 1. The average Bonchev–Trinajstić information content (AvgIpc) is 2.34. The van der Waals surface area contributed by atoms with E-state index in [1.807, 2.05) is 19.9 Å². The molecule has 0 radical (unpaired) electrons. The van der Waals surface area contributed by atoms with E-state index in [9.17, 15) is 5.11 Å². The Balaban J connectivity index is 3.16. The van der Waals surface area contributed by atoms with Crippen LogP contribution < -0.4 is 4.74 Å². The normalized spacial score (nSPS) is 12.6. The lowest BCUT2D eigenvalue weighted by Gasteiger charge is -2.18. The fourth-order valence-corrected chi connectivity index (χ4v) is 2.19. The number of methoxy groups -OCH3 is 1. The number of ether oxygens (including phenoxy) is 1. The largest absolute Gasteiger partial charge is 0.496 e. The predicted octanol–water partition coefficient (Wildman–Crippen LogP) is 3.53. The van der Waals surface area contributed by atoms with Crippen molar-refractivity contribution in [2.24, 2.45) is 5.92 Å². The van der Waals surface area contributed by atoms with Crippen molar-refractivity contribution in [1.82, 2.24) is 0 Å². The maximum Gasteiger partial charge on any atom is 0.122 e. The minimum absolute atomic E-state index is 0.199. The van der Waals surface area contributed by atoms with Gasteiger partial charge < -0.3 is 9.84 Å². The van der Waals surface area contributed by atoms with Crippen LogP contribution in [0, 0.1) is 19.8 Å². The van der Waals surface area contributed by atoms with Gasteiger partial charge in [0.25, 0.3) is 0 Å². The van der Waals surface area contributed by atoms with E-state index in [4.69, 9.17) is 16.3 Å². The molecule has 1 atom stereocenters. The molecule has 0 aliphatic heterocycles. The monoisotopic (exact) mass is 256 g/mol. The van der Waals surface area contributed by atoms with Gasteiger partial charge in [-0.2, -0.15) is 0 Å². The summed E-state index contributed by atoms with van der Waals surface area (Å²) in [7, 11) is 1.67. The van der Waals surface area contributed by atoms with E-state index in [0.717, 1.165) is 40.3 Å². The maximum atomic E-state index is 9.29. The van der Waals surface area contributed by atoms with Crippen LogP contribution >= 0.6 is 11.6 Å². The van der Waals surface area contributed by atoms with Gasteiger partial charge in [-0.05, 0) is 48.9 Å². The first-order chi connectivity index (χ1) is 8.04. The minimum Gasteiger partial charge on any atom is -0.496 e. The van der Waals surface area contributed by atoms with E-state index in [1.165, 1.54) is 0 Å². The number of halogens is 1. The molecule has 1 unspecified atom stereocenters. The Kier molecular flexibility index (Phi) is 5.29. The van der Waals surface area contributed by atoms with E-state index in [1.54, 1.807) is 7.11 Å². The summed E-state index contributed by atoms with van der Waals surface area (Å²) in [5.41, 5.74) is 3.21. The molecule has 1 aromatic carbocycles. The summed E-state index contributed by atoms with van der Waals surface area (Å²) in [6, 6.07) is 1.97. The number of rotatable bonds is 5. The highest BCUT2D eigenvalue weighted by atomic mass is 35.5. The van der Waals surface area contributed by atoms with Crippen molar-refractivity contribution in [1.29, 1.82) is 0 Å². The Morgan fingerprint density at radius 1 is 1.41 bits per heavy atom. The lowest BCUT2D eigenvalue weighted by atomic mass is 9.93. The molecule has 0 spiro atoms. The van der Waals surface area contributed by atoms with Crippen LogP contribution in [0.2, 0.25) is 5.02 Å². The van der Waals surface area contributed by atoms with Crippen LogP contribution in [-0.4, -0.2) is 18.8 Å². The first-order valence-corrected chi connectivity index (χ1v) is 6.36. The Hall–Kier alpha value is -0.730. The van der Waals surface area contributed by atoms with Crippen molar-refractivity contribution in [2.45, 2.75) is 33.6 Å². The third-order valence-electron chi connectivity index (χ3n) is 3.32. The summed E-state index contributed by atoms with van der Waals surface area (Å²) < 4.78 is 5.41. The SMILES string of the molecule is CCC(CO)Cc1c(OC)cc(C)c(Cl)c1C. The zero-order valence-electron chi connectivity index (χ0n) is 11.0. The van der Waals surface area contributed by atoms with E-state index in [0.29, 0.717) is 0 Å². The highest BCUT2D eigenvalue weighted by Crippen LogP contribution is 2.33. The molecule has 0 saturated heterocycles. The highest BCUT2D eigenvalue weighted by molar-refractivity contribution is 6.32. The van der Waals surface area contributed by atoms with Crippen molar-refractivity contribution in [3.63, 3.8) is 0 Å². The molecule has 3 heteroatoms. The second-order valence-corrected chi connectivity index (χ2v) is 4.85. The van der Waals surface area contributed by atoms with E-state index in [-0.39, 0.29) is 12.5 Å². The summed E-state index contributed by atoms with van der Waals surface area (Å²) >= 11 is 6.26. The molecule has 1 aromatic rings. The Bertz CT molecular complexity index is 384. The molecular formula is C14H21ClO2. The second-order valence-electron chi connectivity index (χ2n) is 4.47. The van der Waals surface area contributed by atoms with E-state index < -0.39 is 0 Å². The molecule has 0 bridgehead atoms. The zero-order chi connectivity index (χ0) is 13.0.